The van der Waals surface area contributed by atoms with Crippen LogP contribution in [0, 0.1) is 0 Å². The first-order chi connectivity index (χ1) is 8.83. The maximum Gasteiger partial charge on any atom is 0.212 e. The average molecular weight is 263 g/mol. The first kappa shape index (κ1) is 13.0. The molecule has 18 heavy (non-hydrogen) atoms. The molecule has 2 aromatic rings. The van der Waals surface area contributed by atoms with E-state index in [-0.39, 0.29) is 0 Å². The number of pyridine rings is 1. The molecule has 2 aromatic heterocycles. The van der Waals surface area contributed by atoms with Crippen molar-refractivity contribution in [1.82, 2.24) is 15.3 Å². The van der Waals surface area contributed by atoms with Crippen molar-refractivity contribution in [3.8, 4) is 16.5 Å². The monoisotopic (exact) mass is 263 g/mol. The van der Waals surface area contributed by atoms with Crippen molar-refractivity contribution in [1.29, 1.82) is 0 Å². The molecule has 4 nitrogen and oxygen atoms in total. The Bertz CT molecular complexity index is 481. The third-order valence-corrected chi connectivity index (χ3v) is 3.52. The Labute approximate surface area is 111 Å². The second kappa shape index (κ2) is 6.47. The van der Waals surface area contributed by atoms with Crippen LogP contribution in [0.4, 0.5) is 0 Å². The van der Waals surface area contributed by atoms with Gasteiger partial charge in [0.05, 0.1) is 7.11 Å². The molecule has 1 N–H and O–H groups in total. The quantitative estimate of drug-likeness (QED) is 0.814. The molecule has 0 fully saturated rings. The van der Waals surface area contributed by atoms with Crippen molar-refractivity contribution in [2.45, 2.75) is 19.9 Å². The number of nitrogens with zero attached hydrogens (tertiary/aromatic N) is 2. The standard InChI is InChI=1S/C13H17N3OS/c1-3-6-14-8-11-9-16-13(18-11)10-4-5-12(17-2)15-7-10/h4-5,7,9,14H,3,6,8H2,1-2H3. The summed E-state index contributed by atoms with van der Waals surface area (Å²) in [6.45, 7) is 4.08. The fraction of sp³-hybridized carbons (Fsp3) is 0.385. The highest BCUT2D eigenvalue weighted by Gasteiger charge is 2.05. The molecule has 0 aliphatic carbocycles. The molecule has 2 heterocycles. The Kier molecular flexibility index (Phi) is 4.66. The highest BCUT2D eigenvalue weighted by molar-refractivity contribution is 7.15. The summed E-state index contributed by atoms with van der Waals surface area (Å²) in [5, 5.41) is 4.37. The van der Waals surface area contributed by atoms with E-state index < -0.39 is 0 Å². The maximum absolute atomic E-state index is 5.04. The Morgan fingerprint density at radius 3 is 2.83 bits per heavy atom. The van der Waals surface area contributed by atoms with Crippen LogP contribution in [0.15, 0.2) is 24.5 Å². The second-order valence-electron chi connectivity index (χ2n) is 3.90. The van der Waals surface area contributed by atoms with Crippen molar-refractivity contribution < 1.29 is 4.74 Å². The van der Waals surface area contributed by atoms with Gasteiger partial charge in [0, 0.05) is 35.4 Å². The van der Waals surface area contributed by atoms with Gasteiger partial charge in [-0.1, -0.05) is 6.92 Å². The Hall–Kier alpha value is -1.46. The van der Waals surface area contributed by atoms with Gasteiger partial charge in [0.25, 0.3) is 0 Å². The molecular weight excluding hydrogens is 246 g/mol. The van der Waals surface area contributed by atoms with Gasteiger partial charge in [0.2, 0.25) is 5.88 Å². The summed E-state index contributed by atoms with van der Waals surface area (Å²) in [6, 6.07) is 3.83. The van der Waals surface area contributed by atoms with Crippen LogP contribution in [0.25, 0.3) is 10.6 Å². The Balaban J connectivity index is 2.04. The first-order valence-electron chi connectivity index (χ1n) is 5.99. The molecule has 0 amide bonds. The van der Waals surface area contributed by atoms with Gasteiger partial charge in [-0.15, -0.1) is 11.3 Å². The molecular formula is C13H17N3OS. The predicted octanol–water partition coefficient (Wildman–Crippen LogP) is 2.71. The van der Waals surface area contributed by atoms with Crippen molar-refractivity contribution in [3.63, 3.8) is 0 Å². The third-order valence-electron chi connectivity index (χ3n) is 2.47. The van der Waals surface area contributed by atoms with E-state index in [1.165, 1.54) is 4.88 Å². The number of methoxy groups -OCH3 is 1. The van der Waals surface area contributed by atoms with Crippen LogP contribution in [0.5, 0.6) is 5.88 Å². The Morgan fingerprint density at radius 2 is 2.17 bits per heavy atom. The number of aromatic nitrogens is 2. The van der Waals surface area contributed by atoms with Crippen LogP contribution in [-0.4, -0.2) is 23.6 Å². The number of ether oxygens (including phenoxy) is 1. The van der Waals surface area contributed by atoms with Crippen LogP contribution >= 0.6 is 11.3 Å². The molecule has 0 atom stereocenters. The summed E-state index contributed by atoms with van der Waals surface area (Å²) in [4.78, 5) is 9.85. The lowest BCUT2D eigenvalue weighted by Crippen LogP contribution is -2.12. The minimum Gasteiger partial charge on any atom is -0.481 e. The minimum absolute atomic E-state index is 0.625. The zero-order valence-corrected chi connectivity index (χ0v) is 11.5. The molecule has 0 saturated heterocycles. The molecule has 0 saturated carbocycles. The number of nitrogens with one attached hydrogen (secondary N) is 1. The van der Waals surface area contributed by atoms with Crippen LogP contribution < -0.4 is 10.1 Å². The molecule has 0 radical (unpaired) electrons. The van der Waals surface area contributed by atoms with Crippen molar-refractivity contribution in [2.75, 3.05) is 13.7 Å². The maximum atomic E-state index is 5.04. The molecule has 0 bridgehead atoms. The first-order valence-corrected chi connectivity index (χ1v) is 6.81. The zero-order chi connectivity index (χ0) is 12.8. The van der Waals surface area contributed by atoms with Crippen LogP contribution in [-0.2, 0) is 6.54 Å². The molecule has 2 rings (SSSR count). The normalized spacial score (nSPS) is 10.6. The van der Waals surface area contributed by atoms with E-state index in [9.17, 15) is 0 Å². The number of hydrogen-bond acceptors (Lipinski definition) is 5. The number of thiazole rings is 1. The zero-order valence-electron chi connectivity index (χ0n) is 10.6. The van der Waals surface area contributed by atoms with Gasteiger partial charge in [-0.2, -0.15) is 0 Å². The third kappa shape index (κ3) is 3.27. The van der Waals surface area contributed by atoms with E-state index in [1.807, 2.05) is 18.3 Å². The van der Waals surface area contributed by atoms with Crippen molar-refractivity contribution in [2.24, 2.45) is 0 Å². The smallest absolute Gasteiger partial charge is 0.212 e. The molecule has 5 heteroatoms. The fourth-order valence-corrected chi connectivity index (χ4v) is 2.41. The number of rotatable bonds is 6. The molecule has 0 aliphatic rings. The lowest BCUT2D eigenvalue weighted by molar-refractivity contribution is 0.398. The van der Waals surface area contributed by atoms with E-state index in [2.05, 4.69) is 22.2 Å². The van der Waals surface area contributed by atoms with E-state index in [0.717, 1.165) is 30.1 Å². The Morgan fingerprint density at radius 1 is 1.28 bits per heavy atom. The van der Waals surface area contributed by atoms with Crippen molar-refractivity contribution >= 4 is 11.3 Å². The van der Waals surface area contributed by atoms with Gasteiger partial charge < -0.3 is 10.1 Å². The summed E-state index contributed by atoms with van der Waals surface area (Å²) in [7, 11) is 1.61. The second-order valence-corrected chi connectivity index (χ2v) is 5.01. The van der Waals surface area contributed by atoms with Gasteiger partial charge in [-0.3, -0.25) is 0 Å². The average Bonchev–Trinajstić information content (AvgIpc) is 2.88. The van der Waals surface area contributed by atoms with Crippen molar-refractivity contribution in [3.05, 3.63) is 29.4 Å². The molecule has 96 valence electrons. The molecule has 0 unspecified atom stereocenters. The summed E-state index contributed by atoms with van der Waals surface area (Å²) >= 11 is 1.70. The van der Waals surface area contributed by atoms with Crippen LogP contribution in [0.1, 0.15) is 18.2 Å². The van der Waals surface area contributed by atoms with Gasteiger partial charge in [-0.05, 0) is 19.0 Å². The molecule has 0 aromatic carbocycles. The van der Waals surface area contributed by atoms with E-state index in [4.69, 9.17) is 4.74 Å². The summed E-state index contributed by atoms with van der Waals surface area (Å²) in [5.41, 5.74) is 1.03. The van der Waals surface area contributed by atoms with Crippen LogP contribution in [0.2, 0.25) is 0 Å². The summed E-state index contributed by atoms with van der Waals surface area (Å²) in [6.07, 6.45) is 4.86. The topological polar surface area (TPSA) is 47.0 Å². The highest BCUT2D eigenvalue weighted by Crippen LogP contribution is 2.25. The minimum atomic E-state index is 0.625. The number of hydrogen-bond donors (Lipinski definition) is 1. The predicted molar refractivity (Wildman–Crippen MR) is 73.9 cm³/mol. The van der Waals surface area contributed by atoms with E-state index in [1.54, 1.807) is 24.6 Å². The van der Waals surface area contributed by atoms with Gasteiger partial charge >= 0.3 is 0 Å². The van der Waals surface area contributed by atoms with E-state index >= 15 is 0 Å². The van der Waals surface area contributed by atoms with E-state index in [0.29, 0.717) is 5.88 Å². The van der Waals surface area contributed by atoms with Gasteiger partial charge in [-0.25, -0.2) is 9.97 Å². The lowest BCUT2D eigenvalue weighted by Gasteiger charge is -1.99. The largest absolute Gasteiger partial charge is 0.481 e. The summed E-state index contributed by atoms with van der Waals surface area (Å²) < 4.78 is 5.04. The highest BCUT2D eigenvalue weighted by atomic mass is 32.1. The van der Waals surface area contributed by atoms with Gasteiger partial charge in [0.15, 0.2) is 0 Å². The summed E-state index contributed by atoms with van der Waals surface area (Å²) in [5.74, 6) is 0.625. The van der Waals surface area contributed by atoms with Crippen LogP contribution in [0.3, 0.4) is 0 Å². The SMILES string of the molecule is CCCNCc1cnc(-c2ccc(OC)nc2)s1. The molecule has 0 aliphatic heterocycles. The molecule has 0 spiro atoms. The fourth-order valence-electron chi connectivity index (χ4n) is 1.54. The lowest BCUT2D eigenvalue weighted by atomic mass is 10.3. The van der Waals surface area contributed by atoms with Gasteiger partial charge in [0.1, 0.15) is 5.01 Å².